The molecular weight excluding hydrogens is 944 g/mol. The second kappa shape index (κ2) is 21.7. The summed E-state index contributed by atoms with van der Waals surface area (Å²) in [5.74, 6) is 3.53. The van der Waals surface area contributed by atoms with Crippen molar-refractivity contribution in [2.45, 2.75) is 215 Å². The van der Waals surface area contributed by atoms with Crippen LogP contribution in [0.15, 0.2) is 115 Å². The minimum Gasteiger partial charge on any atom is -0.399 e. The second-order valence-electron chi connectivity index (χ2n) is 27.5. The quantitative estimate of drug-likeness (QED) is 0.0669. The lowest BCUT2D eigenvalue weighted by molar-refractivity contribution is 0.00578. The molecule has 0 aromatic heterocycles. The molecule has 1 saturated heterocycles. The topological polar surface area (TPSA) is 18.5 Å². The summed E-state index contributed by atoms with van der Waals surface area (Å²) in [5, 5.41) is 0. The van der Waals surface area contributed by atoms with Gasteiger partial charge in [0.15, 0.2) is 0 Å². The van der Waals surface area contributed by atoms with Crippen LogP contribution >= 0.6 is 0 Å². The number of benzene rings is 6. The first-order chi connectivity index (χ1) is 37.2. The van der Waals surface area contributed by atoms with Crippen LogP contribution in [-0.2, 0) is 25.6 Å². The van der Waals surface area contributed by atoms with Crippen LogP contribution in [0.1, 0.15) is 221 Å². The zero-order chi connectivity index (χ0) is 55.7. The zero-order valence-electron chi connectivity index (χ0n) is 51.3. The van der Waals surface area contributed by atoms with E-state index in [0.29, 0.717) is 35.5 Å². The van der Waals surface area contributed by atoms with Crippen molar-refractivity contribution >= 4 is 12.6 Å². The van der Waals surface area contributed by atoms with Gasteiger partial charge >= 0.3 is 7.12 Å². The first-order valence-electron chi connectivity index (χ1n) is 31.4. The first-order valence-corrected chi connectivity index (χ1v) is 31.4. The third-order valence-electron chi connectivity index (χ3n) is 21.6. The molecule has 2 nitrogen and oxygen atoms in total. The Labute approximate surface area is 474 Å². The number of rotatable bonds is 21. The van der Waals surface area contributed by atoms with E-state index in [1.807, 2.05) is 0 Å². The lowest BCUT2D eigenvalue weighted by atomic mass is 9.65. The van der Waals surface area contributed by atoms with Crippen molar-refractivity contribution in [1.29, 1.82) is 0 Å². The molecule has 6 aromatic carbocycles. The maximum Gasteiger partial charge on any atom is 0.494 e. The normalized spacial score (nSPS) is 23.4. The van der Waals surface area contributed by atoms with Crippen LogP contribution in [0.3, 0.4) is 0 Å². The number of fused-ring (bicyclic) bond motifs is 9. The molecule has 412 valence electrons. The van der Waals surface area contributed by atoms with Crippen LogP contribution in [0, 0.1) is 35.5 Å². The van der Waals surface area contributed by atoms with Crippen LogP contribution in [0.4, 0.5) is 0 Å². The molecule has 3 heteroatoms. The fourth-order valence-electron chi connectivity index (χ4n) is 15.3. The van der Waals surface area contributed by atoms with Crippen molar-refractivity contribution in [3.8, 4) is 55.6 Å². The molecule has 3 aliphatic carbocycles. The van der Waals surface area contributed by atoms with Gasteiger partial charge in [-0.05, 0) is 220 Å². The summed E-state index contributed by atoms with van der Waals surface area (Å²) in [6, 6.07) is 47.1. The summed E-state index contributed by atoms with van der Waals surface area (Å²) in [4.78, 5) is 0. The van der Waals surface area contributed by atoms with E-state index in [9.17, 15) is 0 Å². The lowest BCUT2D eigenvalue weighted by Crippen LogP contribution is -2.41. The van der Waals surface area contributed by atoms with E-state index in [-0.39, 0.29) is 16.2 Å². The summed E-state index contributed by atoms with van der Waals surface area (Å²) < 4.78 is 13.5. The smallest absolute Gasteiger partial charge is 0.399 e. The molecule has 78 heavy (non-hydrogen) atoms. The van der Waals surface area contributed by atoms with Gasteiger partial charge in [-0.2, -0.15) is 0 Å². The maximum atomic E-state index is 6.75. The standard InChI is InChI=1S/C75H97BO2/c1-17-48(7)42-73(43-49(8)18-2)65-26-24-23-25-59(65)60-32-27-54(37-66(60)73)55-28-33-61-62-34-29-56(39-68(62)74(67(61)38-55,44-50(9)19-3)45-51(10)20-4)57-30-35-63-64-36-31-58(76-77-71(13,14)72(15,16)78-76)41-70(64)75(69(63)40-57,46-52(11)21-5)47-53(12)22-6/h23-41,48-53H,17-22,42-47H2,1-16H3. The summed E-state index contributed by atoms with van der Waals surface area (Å²) in [6.45, 7) is 38.0. The van der Waals surface area contributed by atoms with Crippen molar-refractivity contribution in [1.82, 2.24) is 0 Å². The lowest BCUT2D eigenvalue weighted by Gasteiger charge is -2.38. The van der Waals surface area contributed by atoms with Gasteiger partial charge in [-0.15, -0.1) is 0 Å². The minimum absolute atomic E-state index is 0.00670. The van der Waals surface area contributed by atoms with Crippen molar-refractivity contribution in [3.05, 3.63) is 149 Å². The second-order valence-corrected chi connectivity index (χ2v) is 27.5. The molecule has 6 atom stereocenters. The number of hydrogen-bond acceptors (Lipinski definition) is 2. The molecule has 10 rings (SSSR count). The molecule has 0 radical (unpaired) electrons. The molecule has 1 fully saturated rings. The molecule has 0 bridgehead atoms. The average molecular weight is 1040 g/mol. The van der Waals surface area contributed by atoms with Crippen molar-refractivity contribution in [2.24, 2.45) is 35.5 Å². The summed E-state index contributed by atoms with van der Waals surface area (Å²) >= 11 is 0. The van der Waals surface area contributed by atoms with E-state index in [4.69, 9.17) is 9.31 Å². The predicted octanol–water partition coefficient (Wildman–Crippen LogP) is 20.7. The Kier molecular flexibility index (Phi) is 15.7. The fraction of sp³-hybridized carbons (Fsp3) is 0.520. The Morgan fingerprint density at radius 2 is 0.577 bits per heavy atom. The van der Waals surface area contributed by atoms with E-state index in [2.05, 4.69) is 226 Å². The van der Waals surface area contributed by atoms with Gasteiger partial charge in [0.2, 0.25) is 0 Å². The van der Waals surface area contributed by atoms with Gasteiger partial charge in [0.05, 0.1) is 11.2 Å². The van der Waals surface area contributed by atoms with E-state index in [1.54, 1.807) is 22.3 Å². The van der Waals surface area contributed by atoms with Crippen LogP contribution in [0.2, 0.25) is 0 Å². The molecule has 0 amide bonds. The predicted molar refractivity (Wildman–Crippen MR) is 336 cm³/mol. The van der Waals surface area contributed by atoms with Crippen molar-refractivity contribution in [3.63, 3.8) is 0 Å². The molecule has 0 N–H and O–H groups in total. The fourth-order valence-corrected chi connectivity index (χ4v) is 15.3. The molecule has 1 aliphatic heterocycles. The van der Waals surface area contributed by atoms with Crippen LogP contribution < -0.4 is 5.46 Å². The van der Waals surface area contributed by atoms with Crippen LogP contribution in [-0.4, -0.2) is 18.3 Å². The van der Waals surface area contributed by atoms with Crippen molar-refractivity contribution < 1.29 is 9.31 Å². The highest BCUT2D eigenvalue weighted by atomic mass is 16.7. The van der Waals surface area contributed by atoms with Gasteiger partial charge in [0.25, 0.3) is 0 Å². The Morgan fingerprint density at radius 1 is 0.321 bits per heavy atom. The third-order valence-corrected chi connectivity index (χ3v) is 21.6. The van der Waals surface area contributed by atoms with Gasteiger partial charge < -0.3 is 9.31 Å². The Hall–Kier alpha value is -4.70. The van der Waals surface area contributed by atoms with Gasteiger partial charge in [-0.1, -0.05) is 213 Å². The molecule has 6 unspecified atom stereocenters. The largest absolute Gasteiger partial charge is 0.494 e. The first kappa shape index (κ1) is 56.6. The minimum atomic E-state index is -0.400. The highest BCUT2D eigenvalue weighted by molar-refractivity contribution is 6.62. The van der Waals surface area contributed by atoms with Gasteiger partial charge in [0, 0.05) is 16.2 Å². The van der Waals surface area contributed by atoms with Gasteiger partial charge in [-0.3, -0.25) is 0 Å². The zero-order valence-corrected chi connectivity index (χ0v) is 51.3. The molecule has 6 aromatic rings. The van der Waals surface area contributed by atoms with Crippen molar-refractivity contribution in [2.75, 3.05) is 0 Å². The third kappa shape index (κ3) is 9.53. The molecular formula is C75H97BO2. The van der Waals surface area contributed by atoms with Gasteiger partial charge in [-0.25, -0.2) is 0 Å². The van der Waals surface area contributed by atoms with E-state index < -0.39 is 18.3 Å². The molecule has 0 spiro atoms. The maximum absolute atomic E-state index is 6.75. The Morgan fingerprint density at radius 3 is 0.885 bits per heavy atom. The molecule has 1 heterocycles. The van der Waals surface area contributed by atoms with Gasteiger partial charge in [0.1, 0.15) is 0 Å². The Balaban J connectivity index is 1.11. The molecule has 0 saturated carbocycles. The molecule has 4 aliphatic rings. The van der Waals surface area contributed by atoms with Crippen LogP contribution in [0.5, 0.6) is 0 Å². The highest BCUT2D eigenvalue weighted by Crippen LogP contribution is 2.61. The summed E-state index contributed by atoms with van der Waals surface area (Å²) in [5.41, 5.74) is 23.2. The summed E-state index contributed by atoms with van der Waals surface area (Å²) in [7, 11) is -0.396. The van der Waals surface area contributed by atoms with E-state index >= 15 is 0 Å². The monoisotopic (exact) mass is 1040 g/mol. The Bertz CT molecular complexity index is 3100. The van der Waals surface area contributed by atoms with E-state index in [1.165, 1.54) is 105 Å². The average Bonchev–Trinajstić information content (AvgIpc) is 4.28. The number of hydrogen-bond donors (Lipinski definition) is 0. The van der Waals surface area contributed by atoms with Crippen LogP contribution in [0.25, 0.3) is 55.6 Å². The SMILES string of the molecule is CCC(C)CC1(CC(C)CC)c2ccccc2-c2ccc(-c3ccc4c(c3)C(CC(C)CC)(CC(C)CC)c3cc(-c5ccc6c(c5)C(CC(C)CC)(CC(C)CC)c5cc(B7OC(C)(C)C(C)(C)O7)ccc5-6)ccc3-4)cc21. The van der Waals surface area contributed by atoms with E-state index in [0.717, 1.165) is 44.0 Å². The highest BCUT2D eigenvalue weighted by Gasteiger charge is 2.53. The summed E-state index contributed by atoms with van der Waals surface area (Å²) in [6.07, 6.45) is 13.9.